The topological polar surface area (TPSA) is 43.4 Å². The van der Waals surface area contributed by atoms with Gasteiger partial charge in [0.05, 0.1) is 6.10 Å². The van der Waals surface area contributed by atoms with Crippen molar-refractivity contribution in [3.63, 3.8) is 0 Å². The highest BCUT2D eigenvalue weighted by atomic mass is 16.5. The molecule has 1 fully saturated rings. The molecule has 1 saturated heterocycles. The maximum absolute atomic E-state index is 5.89. The summed E-state index contributed by atoms with van der Waals surface area (Å²) in [4.78, 5) is 4.62. The zero-order valence-corrected chi connectivity index (χ0v) is 13.5. The minimum absolute atomic E-state index is 0.223. The van der Waals surface area contributed by atoms with Gasteiger partial charge in [0, 0.05) is 24.9 Å². The van der Waals surface area contributed by atoms with Crippen LogP contribution in [0.3, 0.4) is 0 Å². The predicted octanol–water partition coefficient (Wildman–Crippen LogP) is 3.26. The number of hydrogen-bond donors (Lipinski definition) is 1. The fraction of sp³-hybridized carbons (Fsp3) is 0.706. The molecule has 0 radical (unpaired) electrons. The van der Waals surface area contributed by atoms with E-state index in [4.69, 9.17) is 9.47 Å². The lowest BCUT2D eigenvalue weighted by atomic mass is 10.1. The minimum Gasteiger partial charge on any atom is -0.475 e. The van der Waals surface area contributed by atoms with Crippen LogP contribution >= 0.6 is 0 Å². The summed E-state index contributed by atoms with van der Waals surface area (Å²) < 4.78 is 11.6. The molecule has 1 aliphatic heterocycles. The van der Waals surface area contributed by atoms with Crippen LogP contribution in [0.4, 0.5) is 0 Å². The lowest BCUT2D eigenvalue weighted by Gasteiger charge is -2.22. The molecule has 1 aromatic heterocycles. The highest BCUT2D eigenvalue weighted by Gasteiger charge is 2.15. The van der Waals surface area contributed by atoms with E-state index in [1.165, 1.54) is 18.4 Å². The van der Waals surface area contributed by atoms with Crippen LogP contribution in [0, 0.1) is 0 Å². The van der Waals surface area contributed by atoms with Crippen LogP contribution in [0.2, 0.25) is 0 Å². The van der Waals surface area contributed by atoms with Gasteiger partial charge in [-0.25, -0.2) is 4.98 Å². The standard InChI is InChI=1S/C17H28N2O2/c1-4-18-11-14-9-16(13(2)3)19-17(10-14)21-12-15-7-5-6-8-20-15/h9-10,13,15,18H,4-8,11-12H2,1-3H3. The SMILES string of the molecule is CCNCc1cc(OCC2CCCCO2)nc(C(C)C)c1. The first-order chi connectivity index (χ1) is 10.2. The molecule has 0 amide bonds. The monoisotopic (exact) mass is 292 g/mol. The lowest BCUT2D eigenvalue weighted by molar-refractivity contribution is -0.0120. The number of nitrogens with zero attached hydrogens (tertiary/aromatic N) is 1. The van der Waals surface area contributed by atoms with Crippen molar-refractivity contribution in [3.05, 3.63) is 23.4 Å². The third-order valence-electron chi connectivity index (χ3n) is 3.74. The molecule has 21 heavy (non-hydrogen) atoms. The van der Waals surface area contributed by atoms with Crippen LogP contribution in [0.25, 0.3) is 0 Å². The minimum atomic E-state index is 0.223. The summed E-state index contributed by atoms with van der Waals surface area (Å²) in [6, 6.07) is 4.20. The molecule has 0 spiro atoms. The van der Waals surface area contributed by atoms with Crippen LogP contribution in [0.15, 0.2) is 12.1 Å². The van der Waals surface area contributed by atoms with Gasteiger partial charge in [-0.15, -0.1) is 0 Å². The number of nitrogens with one attached hydrogen (secondary N) is 1. The van der Waals surface area contributed by atoms with E-state index >= 15 is 0 Å². The second-order valence-electron chi connectivity index (χ2n) is 5.97. The summed E-state index contributed by atoms with van der Waals surface area (Å²) >= 11 is 0. The molecular formula is C17H28N2O2. The molecule has 1 aliphatic rings. The number of pyridine rings is 1. The van der Waals surface area contributed by atoms with Crippen LogP contribution in [-0.2, 0) is 11.3 Å². The van der Waals surface area contributed by atoms with Crippen LogP contribution in [0.1, 0.15) is 57.2 Å². The van der Waals surface area contributed by atoms with Gasteiger partial charge < -0.3 is 14.8 Å². The predicted molar refractivity (Wildman–Crippen MR) is 84.8 cm³/mol. The Labute approximate surface area is 128 Å². The van der Waals surface area contributed by atoms with Crippen molar-refractivity contribution in [2.75, 3.05) is 19.8 Å². The van der Waals surface area contributed by atoms with E-state index in [1.54, 1.807) is 0 Å². The van der Waals surface area contributed by atoms with E-state index < -0.39 is 0 Å². The van der Waals surface area contributed by atoms with Gasteiger partial charge in [-0.05, 0) is 43.4 Å². The number of hydrogen-bond acceptors (Lipinski definition) is 4. The third-order valence-corrected chi connectivity index (χ3v) is 3.74. The summed E-state index contributed by atoms with van der Waals surface area (Å²) in [6.45, 7) is 9.72. The molecule has 0 saturated carbocycles. The Hall–Kier alpha value is -1.13. The first-order valence-corrected chi connectivity index (χ1v) is 8.15. The van der Waals surface area contributed by atoms with Crippen molar-refractivity contribution in [3.8, 4) is 5.88 Å². The highest BCUT2D eigenvalue weighted by Crippen LogP contribution is 2.20. The molecular weight excluding hydrogens is 264 g/mol. The average molecular weight is 292 g/mol. The molecule has 1 aromatic rings. The van der Waals surface area contributed by atoms with Crippen molar-refractivity contribution in [2.45, 2.75) is 58.6 Å². The Balaban J connectivity index is 2.00. The van der Waals surface area contributed by atoms with Crippen LogP contribution in [-0.4, -0.2) is 30.8 Å². The molecule has 118 valence electrons. The molecule has 1 N–H and O–H groups in total. The molecule has 1 unspecified atom stereocenters. The van der Waals surface area contributed by atoms with E-state index in [0.717, 1.165) is 37.7 Å². The van der Waals surface area contributed by atoms with E-state index in [1.807, 2.05) is 6.07 Å². The van der Waals surface area contributed by atoms with Gasteiger partial charge in [0.1, 0.15) is 6.61 Å². The maximum Gasteiger partial charge on any atom is 0.213 e. The second-order valence-corrected chi connectivity index (χ2v) is 5.97. The smallest absolute Gasteiger partial charge is 0.213 e. The molecule has 0 bridgehead atoms. The fourth-order valence-corrected chi connectivity index (χ4v) is 2.44. The fourth-order valence-electron chi connectivity index (χ4n) is 2.44. The molecule has 4 heteroatoms. The Morgan fingerprint density at radius 2 is 2.24 bits per heavy atom. The van der Waals surface area contributed by atoms with Gasteiger partial charge in [-0.2, -0.15) is 0 Å². The Bertz CT molecular complexity index is 429. The van der Waals surface area contributed by atoms with Crippen molar-refractivity contribution in [1.29, 1.82) is 0 Å². The van der Waals surface area contributed by atoms with E-state index in [0.29, 0.717) is 12.5 Å². The lowest BCUT2D eigenvalue weighted by Crippen LogP contribution is -2.26. The largest absolute Gasteiger partial charge is 0.475 e. The number of ether oxygens (including phenoxy) is 2. The molecule has 0 aromatic carbocycles. The number of rotatable bonds is 7. The zero-order chi connectivity index (χ0) is 15.1. The Morgan fingerprint density at radius 1 is 1.38 bits per heavy atom. The van der Waals surface area contributed by atoms with Crippen molar-refractivity contribution in [1.82, 2.24) is 10.3 Å². The van der Waals surface area contributed by atoms with Gasteiger partial charge in [-0.3, -0.25) is 0 Å². The third kappa shape index (κ3) is 5.29. The molecule has 0 aliphatic carbocycles. The summed E-state index contributed by atoms with van der Waals surface area (Å²) in [7, 11) is 0. The molecule has 4 nitrogen and oxygen atoms in total. The van der Waals surface area contributed by atoms with E-state index in [9.17, 15) is 0 Å². The van der Waals surface area contributed by atoms with E-state index in [2.05, 4.69) is 37.1 Å². The van der Waals surface area contributed by atoms with Crippen LogP contribution < -0.4 is 10.1 Å². The quantitative estimate of drug-likeness (QED) is 0.837. The Kier molecular flexibility index (Phi) is 6.46. The van der Waals surface area contributed by atoms with Gasteiger partial charge in [0.15, 0.2) is 0 Å². The summed E-state index contributed by atoms with van der Waals surface area (Å²) in [6.07, 6.45) is 3.72. The molecule has 2 rings (SSSR count). The van der Waals surface area contributed by atoms with Gasteiger partial charge in [0.2, 0.25) is 5.88 Å². The summed E-state index contributed by atoms with van der Waals surface area (Å²) in [5.74, 6) is 1.13. The van der Waals surface area contributed by atoms with Crippen molar-refractivity contribution >= 4 is 0 Å². The maximum atomic E-state index is 5.89. The first-order valence-electron chi connectivity index (χ1n) is 8.15. The summed E-state index contributed by atoms with van der Waals surface area (Å²) in [5, 5.41) is 3.36. The van der Waals surface area contributed by atoms with Gasteiger partial charge in [-0.1, -0.05) is 20.8 Å². The van der Waals surface area contributed by atoms with Crippen molar-refractivity contribution < 1.29 is 9.47 Å². The zero-order valence-electron chi connectivity index (χ0n) is 13.5. The highest BCUT2D eigenvalue weighted by molar-refractivity contribution is 5.26. The molecule has 1 atom stereocenters. The first kappa shape index (κ1) is 16.2. The summed E-state index contributed by atoms with van der Waals surface area (Å²) in [5.41, 5.74) is 2.32. The van der Waals surface area contributed by atoms with Gasteiger partial charge in [0.25, 0.3) is 0 Å². The number of aromatic nitrogens is 1. The van der Waals surface area contributed by atoms with E-state index in [-0.39, 0.29) is 6.10 Å². The second kappa shape index (κ2) is 8.35. The van der Waals surface area contributed by atoms with Gasteiger partial charge >= 0.3 is 0 Å². The normalized spacial score (nSPS) is 19.0. The molecule has 2 heterocycles. The Morgan fingerprint density at radius 3 is 2.90 bits per heavy atom. The van der Waals surface area contributed by atoms with Crippen LogP contribution in [0.5, 0.6) is 5.88 Å². The van der Waals surface area contributed by atoms with Crippen molar-refractivity contribution in [2.24, 2.45) is 0 Å². The average Bonchev–Trinajstić information content (AvgIpc) is 2.51.